The predicted octanol–water partition coefficient (Wildman–Crippen LogP) is 4.90. The Kier molecular flexibility index (Phi) is 11.5. The zero-order chi connectivity index (χ0) is 15.4. The van der Waals surface area contributed by atoms with Gasteiger partial charge >= 0.3 is 0 Å². The highest BCUT2D eigenvalue weighted by Gasteiger charge is 2.26. The van der Waals surface area contributed by atoms with Crippen molar-refractivity contribution in [3.63, 3.8) is 0 Å². The summed E-state index contributed by atoms with van der Waals surface area (Å²) in [5.41, 5.74) is 0.219. The largest absolute Gasteiger partial charge is 0.396 e. The van der Waals surface area contributed by atoms with Gasteiger partial charge in [-0.25, -0.2) is 0 Å². The van der Waals surface area contributed by atoms with E-state index in [4.69, 9.17) is 0 Å². The number of aliphatic hydroxyl groups is 1. The monoisotopic (exact) mass is 285 g/mol. The Labute approximate surface area is 127 Å². The van der Waals surface area contributed by atoms with E-state index in [-0.39, 0.29) is 12.0 Å². The maximum Gasteiger partial charge on any atom is 0.0446 e. The second-order valence-electron chi connectivity index (χ2n) is 7.29. The molecule has 122 valence electrons. The summed E-state index contributed by atoms with van der Waals surface area (Å²) in [6, 6.07) is 1.05. The summed E-state index contributed by atoms with van der Waals surface area (Å²) in [7, 11) is 0. The van der Waals surface area contributed by atoms with E-state index >= 15 is 0 Å². The van der Waals surface area contributed by atoms with Gasteiger partial charge in [-0.3, -0.25) is 0 Å². The van der Waals surface area contributed by atoms with Crippen LogP contribution in [0.4, 0.5) is 0 Å². The van der Waals surface area contributed by atoms with Crippen molar-refractivity contribution in [1.82, 2.24) is 5.32 Å². The molecule has 0 fully saturated rings. The lowest BCUT2D eigenvalue weighted by atomic mass is 9.84. The van der Waals surface area contributed by atoms with Gasteiger partial charge in [0.25, 0.3) is 0 Å². The second-order valence-corrected chi connectivity index (χ2v) is 7.29. The molecule has 2 heteroatoms. The molecular weight excluding hydrogens is 246 g/mol. The highest BCUT2D eigenvalue weighted by atomic mass is 16.3. The minimum atomic E-state index is 0.219. The van der Waals surface area contributed by atoms with Crippen LogP contribution in [-0.2, 0) is 0 Å². The fraction of sp³-hybridized carbons (Fsp3) is 1.00. The molecule has 0 heterocycles. The minimum Gasteiger partial charge on any atom is -0.396 e. The summed E-state index contributed by atoms with van der Waals surface area (Å²) < 4.78 is 0. The first-order chi connectivity index (χ1) is 9.45. The van der Waals surface area contributed by atoms with Crippen LogP contribution >= 0.6 is 0 Å². The van der Waals surface area contributed by atoms with Gasteiger partial charge in [-0.05, 0) is 24.7 Å². The lowest BCUT2D eigenvalue weighted by molar-refractivity contribution is 0.179. The van der Waals surface area contributed by atoms with Crippen molar-refractivity contribution in [1.29, 1.82) is 0 Å². The molecule has 0 aliphatic rings. The first-order valence-corrected chi connectivity index (χ1v) is 8.82. The zero-order valence-corrected chi connectivity index (χ0v) is 14.7. The van der Waals surface area contributed by atoms with Gasteiger partial charge in [-0.1, -0.05) is 73.1 Å². The van der Waals surface area contributed by atoms with Crippen molar-refractivity contribution >= 4 is 0 Å². The molecule has 1 atom stereocenters. The smallest absolute Gasteiger partial charge is 0.0446 e. The van der Waals surface area contributed by atoms with Crippen LogP contribution < -0.4 is 5.32 Å². The molecule has 0 radical (unpaired) electrons. The Morgan fingerprint density at radius 1 is 0.850 bits per heavy atom. The normalized spacial score (nSPS) is 13.9. The van der Waals surface area contributed by atoms with Gasteiger partial charge in [-0.2, -0.15) is 0 Å². The van der Waals surface area contributed by atoms with Crippen LogP contribution in [0.2, 0.25) is 0 Å². The molecular formula is C18H39NO. The quantitative estimate of drug-likeness (QED) is 0.500. The Hall–Kier alpha value is -0.0800. The number of unbranched alkanes of at least 4 members (excludes halogenated alkanes) is 4. The zero-order valence-electron chi connectivity index (χ0n) is 14.7. The number of aliphatic hydroxyl groups excluding tert-OH is 1. The van der Waals surface area contributed by atoms with Crippen LogP contribution in [0.5, 0.6) is 0 Å². The van der Waals surface area contributed by atoms with Crippen molar-refractivity contribution in [3.8, 4) is 0 Å². The molecule has 0 saturated carbocycles. The molecule has 0 bridgehead atoms. The first-order valence-electron chi connectivity index (χ1n) is 8.82. The van der Waals surface area contributed by atoms with Crippen molar-refractivity contribution in [2.24, 2.45) is 5.41 Å². The average Bonchev–Trinajstić information content (AvgIpc) is 2.37. The van der Waals surface area contributed by atoms with Crippen LogP contribution in [0.1, 0.15) is 92.4 Å². The standard InChI is InChI=1S/C18H39NO/c1-6-8-10-12-16(13-11-9-7-2)19-17(14-15-20)18(3,4)5/h16-17,19-20H,6-15H2,1-5H3. The Bertz CT molecular complexity index is 200. The van der Waals surface area contributed by atoms with E-state index in [9.17, 15) is 5.11 Å². The molecule has 0 aliphatic heterocycles. The molecule has 0 spiro atoms. The summed E-state index contributed by atoms with van der Waals surface area (Å²) >= 11 is 0. The van der Waals surface area contributed by atoms with Gasteiger partial charge in [0.2, 0.25) is 0 Å². The third-order valence-electron chi connectivity index (χ3n) is 4.21. The highest BCUT2D eigenvalue weighted by molar-refractivity contribution is 4.83. The van der Waals surface area contributed by atoms with Crippen molar-refractivity contribution in [2.45, 2.75) is 104 Å². The maximum atomic E-state index is 9.30. The molecule has 0 aliphatic carbocycles. The number of hydrogen-bond acceptors (Lipinski definition) is 2. The molecule has 0 amide bonds. The van der Waals surface area contributed by atoms with Crippen LogP contribution in [0.25, 0.3) is 0 Å². The fourth-order valence-corrected chi connectivity index (χ4v) is 2.77. The summed E-state index contributed by atoms with van der Waals surface area (Å²) in [4.78, 5) is 0. The highest BCUT2D eigenvalue weighted by Crippen LogP contribution is 2.24. The molecule has 0 aromatic rings. The molecule has 20 heavy (non-hydrogen) atoms. The molecule has 2 nitrogen and oxygen atoms in total. The van der Waals surface area contributed by atoms with E-state index < -0.39 is 0 Å². The van der Waals surface area contributed by atoms with Crippen molar-refractivity contribution < 1.29 is 5.11 Å². The number of nitrogens with one attached hydrogen (secondary N) is 1. The number of rotatable bonds is 12. The van der Waals surface area contributed by atoms with Crippen LogP contribution in [-0.4, -0.2) is 23.8 Å². The molecule has 0 saturated heterocycles. The van der Waals surface area contributed by atoms with Gasteiger partial charge in [0, 0.05) is 18.7 Å². The SMILES string of the molecule is CCCCCC(CCCCC)NC(CCO)C(C)(C)C. The van der Waals surface area contributed by atoms with E-state index in [0.717, 1.165) is 6.42 Å². The Balaban J connectivity index is 4.39. The molecule has 0 aromatic heterocycles. The minimum absolute atomic E-state index is 0.219. The van der Waals surface area contributed by atoms with Gasteiger partial charge in [0.05, 0.1) is 0 Å². The molecule has 0 aromatic carbocycles. The van der Waals surface area contributed by atoms with E-state index in [1.54, 1.807) is 0 Å². The summed E-state index contributed by atoms with van der Waals surface area (Å²) in [5.74, 6) is 0. The Morgan fingerprint density at radius 2 is 1.35 bits per heavy atom. The van der Waals surface area contributed by atoms with Gasteiger partial charge < -0.3 is 10.4 Å². The third kappa shape index (κ3) is 9.77. The lowest BCUT2D eigenvalue weighted by Crippen LogP contribution is -2.46. The lowest BCUT2D eigenvalue weighted by Gasteiger charge is -2.35. The van der Waals surface area contributed by atoms with Crippen molar-refractivity contribution in [2.75, 3.05) is 6.61 Å². The maximum absolute atomic E-state index is 9.30. The van der Waals surface area contributed by atoms with Crippen molar-refractivity contribution in [3.05, 3.63) is 0 Å². The van der Waals surface area contributed by atoms with E-state index in [1.165, 1.54) is 51.4 Å². The van der Waals surface area contributed by atoms with Gasteiger partial charge in [0.1, 0.15) is 0 Å². The van der Waals surface area contributed by atoms with Crippen LogP contribution in [0.15, 0.2) is 0 Å². The van der Waals surface area contributed by atoms with E-state index in [0.29, 0.717) is 12.1 Å². The van der Waals surface area contributed by atoms with E-state index in [2.05, 4.69) is 39.9 Å². The number of hydrogen-bond donors (Lipinski definition) is 2. The summed E-state index contributed by atoms with van der Waals surface area (Å²) in [6.07, 6.45) is 11.4. The molecule has 2 N–H and O–H groups in total. The molecule has 1 unspecified atom stereocenters. The van der Waals surface area contributed by atoms with Gasteiger partial charge in [0.15, 0.2) is 0 Å². The topological polar surface area (TPSA) is 32.3 Å². The average molecular weight is 286 g/mol. The summed E-state index contributed by atoms with van der Waals surface area (Å²) in [5, 5.41) is 13.2. The second kappa shape index (κ2) is 11.6. The van der Waals surface area contributed by atoms with Crippen LogP contribution in [0.3, 0.4) is 0 Å². The van der Waals surface area contributed by atoms with E-state index in [1.807, 2.05) is 0 Å². The first kappa shape index (κ1) is 19.9. The third-order valence-corrected chi connectivity index (χ3v) is 4.21. The Morgan fingerprint density at radius 3 is 1.70 bits per heavy atom. The summed E-state index contributed by atoms with van der Waals surface area (Å²) in [6.45, 7) is 11.6. The predicted molar refractivity (Wildman–Crippen MR) is 90.2 cm³/mol. The fourth-order valence-electron chi connectivity index (χ4n) is 2.77. The van der Waals surface area contributed by atoms with Gasteiger partial charge in [-0.15, -0.1) is 0 Å². The van der Waals surface area contributed by atoms with Crippen LogP contribution in [0, 0.1) is 5.41 Å². The molecule has 0 rings (SSSR count).